The van der Waals surface area contributed by atoms with Crippen LogP contribution in [0.1, 0.15) is 38.2 Å². The van der Waals surface area contributed by atoms with Crippen LogP contribution in [0.3, 0.4) is 0 Å². The van der Waals surface area contributed by atoms with Gasteiger partial charge in [0.15, 0.2) is 0 Å². The molecule has 1 saturated heterocycles. The molecule has 0 radical (unpaired) electrons. The number of aromatic nitrogens is 1. The van der Waals surface area contributed by atoms with E-state index in [0.717, 1.165) is 42.0 Å². The minimum Gasteiger partial charge on any atom is -0.264 e. The normalized spacial score (nSPS) is 20.9. The van der Waals surface area contributed by atoms with E-state index in [-0.39, 0.29) is 6.04 Å². The van der Waals surface area contributed by atoms with Crippen LogP contribution >= 0.6 is 0 Å². The zero-order valence-corrected chi connectivity index (χ0v) is 13.9. The van der Waals surface area contributed by atoms with Crippen LogP contribution in [0.5, 0.6) is 0 Å². The van der Waals surface area contributed by atoms with E-state index in [1.54, 1.807) is 28.8 Å². The molecule has 2 heterocycles. The molecule has 2 aromatic rings. The third kappa shape index (κ3) is 2.63. The lowest BCUT2D eigenvalue weighted by atomic mass is 10.1. The van der Waals surface area contributed by atoms with Gasteiger partial charge in [-0.1, -0.05) is 25.0 Å². The summed E-state index contributed by atoms with van der Waals surface area (Å²) in [5.41, 5.74) is 0.902. The van der Waals surface area contributed by atoms with Crippen LogP contribution in [0.25, 0.3) is 10.8 Å². The fourth-order valence-corrected chi connectivity index (χ4v) is 5.31. The van der Waals surface area contributed by atoms with Crippen molar-refractivity contribution in [2.75, 3.05) is 6.54 Å². The molecule has 0 bridgehead atoms. The Labute approximate surface area is 132 Å². The van der Waals surface area contributed by atoms with Crippen molar-refractivity contribution in [3.8, 4) is 0 Å². The van der Waals surface area contributed by atoms with Crippen LogP contribution in [0.4, 0.5) is 0 Å². The van der Waals surface area contributed by atoms with Crippen molar-refractivity contribution >= 4 is 20.8 Å². The van der Waals surface area contributed by atoms with Gasteiger partial charge >= 0.3 is 0 Å². The zero-order valence-electron chi connectivity index (χ0n) is 13.1. The van der Waals surface area contributed by atoms with Crippen LogP contribution < -0.4 is 0 Å². The standard InChI is InChI=1S/C17H22N2O2S/c1-13-11-18-12-15-8-6-9-16(17(13)15)22(20,21)19-10-5-3-4-7-14(19)2/h6,8-9,11-12,14H,3-5,7,10H2,1-2H3. The first kappa shape index (κ1) is 15.4. The number of pyridine rings is 1. The third-order valence-electron chi connectivity index (χ3n) is 4.51. The van der Waals surface area contributed by atoms with Gasteiger partial charge in [-0.05, 0) is 38.3 Å². The summed E-state index contributed by atoms with van der Waals surface area (Å²) < 4.78 is 28.1. The lowest BCUT2D eigenvalue weighted by Gasteiger charge is -2.27. The molecule has 1 aromatic heterocycles. The zero-order chi connectivity index (χ0) is 15.7. The van der Waals surface area contributed by atoms with Crippen molar-refractivity contribution < 1.29 is 8.42 Å². The average molecular weight is 318 g/mol. The van der Waals surface area contributed by atoms with Crippen molar-refractivity contribution in [3.63, 3.8) is 0 Å². The first-order valence-electron chi connectivity index (χ1n) is 7.87. The molecule has 1 unspecified atom stereocenters. The Morgan fingerprint density at radius 3 is 2.82 bits per heavy atom. The van der Waals surface area contributed by atoms with E-state index < -0.39 is 10.0 Å². The van der Waals surface area contributed by atoms with E-state index in [4.69, 9.17) is 0 Å². The van der Waals surface area contributed by atoms with E-state index >= 15 is 0 Å². The molecule has 0 spiro atoms. The van der Waals surface area contributed by atoms with Gasteiger partial charge in [-0.2, -0.15) is 4.31 Å². The number of rotatable bonds is 2. The summed E-state index contributed by atoms with van der Waals surface area (Å²) >= 11 is 0. The molecule has 1 fully saturated rings. The van der Waals surface area contributed by atoms with E-state index in [0.29, 0.717) is 11.4 Å². The molecule has 0 N–H and O–H groups in total. The van der Waals surface area contributed by atoms with Gasteiger partial charge < -0.3 is 0 Å². The van der Waals surface area contributed by atoms with Crippen LogP contribution in [0, 0.1) is 6.92 Å². The second kappa shape index (κ2) is 5.97. The maximum absolute atomic E-state index is 13.2. The van der Waals surface area contributed by atoms with Gasteiger partial charge in [0.25, 0.3) is 0 Å². The van der Waals surface area contributed by atoms with E-state index in [1.165, 1.54) is 0 Å². The highest BCUT2D eigenvalue weighted by Gasteiger charge is 2.31. The molecular formula is C17H22N2O2S. The van der Waals surface area contributed by atoms with Crippen molar-refractivity contribution in [2.24, 2.45) is 0 Å². The molecule has 3 rings (SSSR count). The molecule has 0 amide bonds. The quantitative estimate of drug-likeness (QED) is 0.851. The fourth-order valence-electron chi connectivity index (χ4n) is 3.32. The van der Waals surface area contributed by atoms with E-state index in [2.05, 4.69) is 4.98 Å². The number of hydrogen-bond donors (Lipinski definition) is 0. The molecule has 1 aromatic carbocycles. The predicted molar refractivity (Wildman–Crippen MR) is 88.3 cm³/mol. The summed E-state index contributed by atoms with van der Waals surface area (Å²) in [6.07, 6.45) is 7.54. The lowest BCUT2D eigenvalue weighted by Crippen LogP contribution is -2.38. The average Bonchev–Trinajstić information content (AvgIpc) is 2.72. The highest BCUT2D eigenvalue weighted by Crippen LogP contribution is 2.30. The third-order valence-corrected chi connectivity index (χ3v) is 6.57. The Bertz CT molecular complexity index is 781. The van der Waals surface area contributed by atoms with Crippen molar-refractivity contribution in [1.82, 2.24) is 9.29 Å². The Kier molecular flexibility index (Phi) is 4.19. The first-order chi connectivity index (χ1) is 10.5. The second-order valence-electron chi connectivity index (χ2n) is 6.12. The SMILES string of the molecule is Cc1cncc2cccc(S(=O)(=O)N3CCCCCC3C)c12. The molecule has 1 atom stereocenters. The highest BCUT2D eigenvalue weighted by atomic mass is 32.2. The van der Waals surface area contributed by atoms with Crippen LogP contribution in [-0.2, 0) is 10.0 Å². The monoisotopic (exact) mass is 318 g/mol. The number of sulfonamides is 1. The molecule has 1 aliphatic heterocycles. The minimum absolute atomic E-state index is 0.0601. The molecule has 118 valence electrons. The Balaban J connectivity index is 2.17. The van der Waals surface area contributed by atoms with Gasteiger partial charge in [-0.15, -0.1) is 0 Å². The summed E-state index contributed by atoms with van der Waals surface area (Å²) in [6, 6.07) is 5.51. The van der Waals surface area contributed by atoms with E-state index in [9.17, 15) is 8.42 Å². The topological polar surface area (TPSA) is 50.3 Å². The smallest absolute Gasteiger partial charge is 0.243 e. The maximum atomic E-state index is 13.2. The Hall–Kier alpha value is -1.46. The number of nitrogens with zero attached hydrogens (tertiary/aromatic N) is 2. The second-order valence-corrected chi connectivity index (χ2v) is 7.98. The molecule has 22 heavy (non-hydrogen) atoms. The Morgan fingerprint density at radius 2 is 2.00 bits per heavy atom. The van der Waals surface area contributed by atoms with Gasteiger partial charge in [-0.3, -0.25) is 4.98 Å². The van der Waals surface area contributed by atoms with Crippen LogP contribution in [0.2, 0.25) is 0 Å². The van der Waals surface area contributed by atoms with Gasteiger partial charge in [0.05, 0.1) is 4.90 Å². The first-order valence-corrected chi connectivity index (χ1v) is 9.31. The molecular weight excluding hydrogens is 296 g/mol. The number of fused-ring (bicyclic) bond motifs is 1. The number of benzene rings is 1. The van der Waals surface area contributed by atoms with Gasteiger partial charge in [0.1, 0.15) is 0 Å². The van der Waals surface area contributed by atoms with Gasteiger partial charge in [0, 0.05) is 35.8 Å². The van der Waals surface area contributed by atoms with Gasteiger partial charge in [-0.25, -0.2) is 8.42 Å². The summed E-state index contributed by atoms with van der Waals surface area (Å²) in [4.78, 5) is 4.59. The van der Waals surface area contributed by atoms with Crippen LogP contribution in [0.15, 0.2) is 35.5 Å². The fraction of sp³-hybridized carbons (Fsp3) is 0.471. The van der Waals surface area contributed by atoms with E-state index in [1.807, 2.05) is 19.9 Å². The molecule has 4 nitrogen and oxygen atoms in total. The largest absolute Gasteiger partial charge is 0.264 e. The summed E-state index contributed by atoms with van der Waals surface area (Å²) in [5.74, 6) is 0. The molecule has 5 heteroatoms. The molecule has 1 aliphatic rings. The van der Waals surface area contributed by atoms with Crippen molar-refractivity contribution in [3.05, 3.63) is 36.2 Å². The van der Waals surface area contributed by atoms with Crippen LogP contribution in [-0.4, -0.2) is 30.3 Å². The lowest BCUT2D eigenvalue weighted by molar-refractivity contribution is 0.342. The summed E-state index contributed by atoms with van der Waals surface area (Å²) in [7, 11) is -3.48. The predicted octanol–water partition coefficient (Wildman–Crippen LogP) is 3.50. The van der Waals surface area contributed by atoms with Crippen molar-refractivity contribution in [2.45, 2.75) is 50.5 Å². The maximum Gasteiger partial charge on any atom is 0.243 e. The summed E-state index contributed by atoms with van der Waals surface area (Å²) in [6.45, 7) is 4.55. The number of aryl methyl sites for hydroxylation is 1. The minimum atomic E-state index is -3.48. The molecule has 0 aliphatic carbocycles. The highest BCUT2D eigenvalue weighted by molar-refractivity contribution is 7.89. The summed E-state index contributed by atoms with van der Waals surface area (Å²) in [5, 5.41) is 1.68. The Morgan fingerprint density at radius 1 is 1.18 bits per heavy atom. The van der Waals surface area contributed by atoms with Gasteiger partial charge in [0.2, 0.25) is 10.0 Å². The number of hydrogen-bond acceptors (Lipinski definition) is 3. The van der Waals surface area contributed by atoms with Crippen molar-refractivity contribution in [1.29, 1.82) is 0 Å². The molecule has 0 saturated carbocycles.